The molecule has 2 aromatic rings. The van der Waals surface area contributed by atoms with Crippen molar-refractivity contribution in [2.24, 2.45) is 0 Å². The summed E-state index contributed by atoms with van der Waals surface area (Å²) < 4.78 is 0. The third kappa shape index (κ3) is 2.02. The number of pyridine rings is 1. The molecule has 19 heavy (non-hydrogen) atoms. The number of aromatic nitrogens is 1. The Kier molecular flexibility index (Phi) is 2.83. The predicted octanol–water partition coefficient (Wildman–Crippen LogP) is 3.34. The summed E-state index contributed by atoms with van der Waals surface area (Å²) in [5.74, 6) is 0.308. The van der Waals surface area contributed by atoms with E-state index in [1.165, 1.54) is 17.7 Å². The second-order valence-electron chi connectivity index (χ2n) is 4.26. The van der Waals surface area contributed by atoms with E-state index < -0.39 is 4.92 Å². The van der Waals surface area contributed by atoms with E-state index in [0.717, 1.165) is 12.1 Å². The van der Waals surface area contributed by atoms with Gasteiger partial charge in [-0.05, 0) is 24.1 Å². The first-order valence-electron chi connectivity index (χ1n) is 5.83. The Labute approximate surface area is 114 Å². The average Bonchev–Trinajstić information content (AvgIpc) is 2.82. The zero-order valence-corrected chi connectivity index (χ0v) is 10.7. The van der Waals surface area contributed by atoms with Crippen LogP contribution in [0.5, 0.6) is 0 Å². The monoisotopic (exact) mass is 275 g/mol. The summed E-state index contributed by atoms with van der Waals surface area (Å²) in [7, 11) is 0. The fraction of sp³-hybridized carbons (Fsp3) is 0.154. The standard InChI is InChI=1S/C13H10ClN3O2/c14-12-6-5-11(17(18)19)13(15-12)16-8-7-9-3-1-2-4-10(9)16/h1-6H,7-8H2. The Morgan fingerprint density at radius 2 is 2.05 bits per heavy atom. The van der Waals surface area contributed by atoms with Gasteiger partial charge in [0.15, 0.2) is 0 Å². The van der Waals surface area contributed by atoms with Crippen molar-refractivity contribution in [2.75, 3.05) is 11.4 Å². The van der Waals surface area contributed by atoms with E-state index in [0.29, 0.717) is 12.4 Å². The highest BCUT2D eigenvalue weighted by molar-refractivity contribution is 6.29. The van der Waals surface area contributed by atoms with E-state index in [1.54, 1.807) is 0 Å². The minimum atomic E-state index is -0.431. The van der Waals surface area contributed by atoms with Crippen LogP contribution in [0.3, 0.4) is 0 Å². The minimum absolute atomic E-state index is 0.0268. The molecular formula is C13H10ClN3O2. The molecule has 0 amide bonds. The molecule has 0 radical (unpaired) electrons. The average molecular weight is 276 g/mol. The zero-order valence-electron chi connectivity index (χ0n) is 9.91. The van der Waals surface area contributed by atoms with Crippen LogP contribution in [0.2, 0.25) is 5.15 Å². The Bertz CT molecular complexity index is 660. The van der Waals surface area contributed by atoms with Crippen molar-refractivity contribution in [2.45, 2.75) is 6.42 Å². The van der Waals surface area contributed by atoms with Gasteiger partial charge < -0.3 is 4.90 Å². The summed E-state index contributed by atoms with van der Waals surface area (Å²) in [5, 5.41) is 11.4. The van der Waals surface area contributed by atoms with Gasteiger partial charge in [-0.15, -0.1) is 0 Å². The van der Waals surface area contributed by atoms with Crippen molar-refractivity contribution in [1.82, 2.24) is 4.98 Å². The van der Waals surface area contributed by atoms with Crippen LogP contribution < -0.4 is 4.90 Å². The number of hydrogen-bond donors (Lipinski definition) is 0. The van der Waals surface area contributed by atoms with Gasteiger partial charge >= 0.3 is 5.69 Å². The molecule has 0 saturated heterocycles. The van der Waals surface area contributed by atoms with Crippen molar-refractivity contribution >= 4 is 28.8 Å². The summed E-state index contributed by atoms with van der Waals surface area (Å²) in [4.78, 5) is 16.6. The van der Waals surface area contributed by atoms with Gasteiger partial charge in [-0.25, -0.2) is 4.98 Å². The van der Waals surface area contributed by atoms with Crippen LogP contribution in [-0.2, 0) is 6.42 Å². The molecule has 0 spiro atoms. The van der Waals surface area contributed by atoms with Crippen LogP contribution in [0.4, 0.5) is 17.2 Å². The van der Waals surface area contributed by atoms with Gasteiger partial charge in [-0.3, -0.25) is 10.1 Å². The van der Waals surface area contributed by atoms with Crippen LogP contribution in [0.1, 0.15) is 5.56 Å². The maximum Gasteiger partial charge on any atom is 0.312 e. The highest BCUT2D eigenvalue weighted by Crippen LogP contribution is 2.38. The fourth-order valence-electron chi connectivity index (χ4n) is 2.32. The lowest BCUT2D eigenvalue weighted by Gasteiger charge is -2.18. The normalized spacial score (nSPS) is 13.4. The highest BCUT2D eigenvalue weighted by Gasteiger charge is 2.27. The number of nitrogens with zero attached hydrogens (tertiary/aromatic N) is 3. The fourth-order valence-corrected chi connectivity index (χ4v) is 2.46. The molecule has 1 aromatic carbocycles. The molecule has 1 aromatic heterocycles. The van der Waals surface area contributed by atoms with Gasteiger partial charge in [-0.1, -0.05) is 29.8 Å². The van der Waals surface area contributed by atoms with Crippen molar-refractivity contribution in [3.63, 3.8) is 0 Å². The molecule has 0 atom stereocenters. The number of nitro groups is 1. The quantitative estimate of drug-likeness (QED) is 0.479. The third-order valence-electron chi connectivity index (χ3n) is 3.16. The number of hydrogen-bond acceptors (Lipinski definition) is 4. The number of benzene rings is 1. The van der Waals surface area contributed by atoms with E-state index in [2.05, 4.69) is 4.98 Å². The predicted molar refractivity (Wildman–Crippen MR) is 73.1 cm³/mol. The molecule has 0 unspecified atom stereocenters. The summed E-state index contributed by atoms with van der Waals surface area (Å²) >= 11 is 5.87. The second-order valence-corrected chi connectivity index (χ2v) is 4.65. The van der Waals surface area contributed by atoms with E-state index in [9.17, 15) is 10.1 Å². The maximum atomic E-state index is 11.1. The highest BCUT2D eigenvalue weighted by atomic mass is 35.5. The molecule has 0 bridgehead atoms. The largest absolute Gasteiger partial charge is 0.320 e. The van der Waals surface area contributed by atoms with Gasteiger partial charge in [0.25, 0.3) is 0 Å². The summed E-state index contributed by atoms with van der Waals surface area (Å²) in [6.45, 7) is 0.674. The SMILES string of the molecule is O=[N+]([O-])c1ccc(Cl)nc1N1CCc2ccccc21. The zero-order chi connectivity index (χ0) is 13.4. The van der Waals surface area contributed by atoms with Crippen LogP contribution in [0.15, 0.2) is 36.4 Å². The van der Waals surface area contributed by atoms with Crippen LogP contribution in [-0.4, -0.2) is 16.5 Å². The molecule has 0 aliphatic carbocycles. The number of anilines is 2. The molecule has 0 N–H and O–H groups in total. The molecule has 1 aliphatic heterocycles. The summed E-state index contributed by atoms with van der Waals surface area (Å²) in [5.41, 5.74) is 2.10. The molecular weight excluding hydrogens is 266 g/mol. The molecule has 5 nitrogen and oxygen atoms in total. The first-order chi connectivity index (χ1) is 9.16. The molecule has 96 valence electrons. The number of halogens is 1. The molecule has 2 heterocycles. The van der Waals surface area contributed by atoms with Crippen LogP contribution >= 0.6 is 11.6 Å². The lowest BCUT2D eigenvalue weighted by molar-refractivity contribution is -0.384. The van der Waals surface area contributed by atoms with Crippen molar-refractivity contribution in [1.29, 1.82) is 0 Å². The van der Waals surface area contributed by atoms with Gasteiger partial charge in [0.1, 0.15) is 5.15 Å². The minimum Gasteiger partial charge on any atom is -0.320 e. The maximum absolute atomic E-state index is 11.1. The Balaban J connectivity index is 2.13. The lowest BCUT2D eigenvalue weighted by atomic mass is 10.2. The van der Waals surface area contributed by atoms with Crippen LogP contribution in [0, 0.1) is 10.1 Å². The third-order valence-corrected chi connectivity index (χ3v) is 3.37. The van der Waals surface area contributed by atoms with Crippen LogP contribution in [0.25, 0.3) is 0 Å². The Hall–Kier alpha value is -2.14. The molecule has 3 rings (SSSR count). The first-order valence-corrected chi connectivity index (χ1v) is 6.21. The number of para-hydroxylation sites is 1. The molecule has 0 saturated carbocycles. The van der Waals surface area contributed by atoms with E-state index in [-0.39, 0.29) is 10.8 Å². The second kappa shape index (κ2) is 4.51. The summed E-state index contributed by atoms with van der Waals surface area (Å²) in [6.07, 6.45) is 0.849. The Morgan fingerprint density at radius 3 is 2.84 bits per heavy atom. The topological polar surface area (TPSA) is 59.3 Å². The number of rotatable bonds is 2. The first kappa shape index (κ1) is 11.9. The van der Waals surface area contributed by atoms with Crippen molar-refractivity contribution < 1.29 is 4.92 Å². The van der Waals surface area contributed by atoms with E-state index >= 15 is 0 Å². The Morgan fingerprint density at radius 1 is 1.26 bits per heavy atom. The molecule has 6 heteroatoms. The summed E-state index contributed by atoms with van der Waals surface area (Å²) in [6, 6.07) is 10.7. The van der Waals surface area contributed by atoms with E-state index in [1.807, 2.05) is 29.2 Å². The van der Waals surface area contributed by atoms with Gasteiger partial charge in [0.2, 0.25) is 5.82 Å². The number of fused-ring (bicyclic) bond motifs is 1. The lowest BCUT2D eigenvalue weighted by Crippen LogP contribution is -2.16. The van der Waals surface area contributed by atoms with Gasteiger partial charge in [0.05, 0.1) is 4.92 Å². The van der Waals surface area contributed by atoms with Gasteiger partial charge in [-0.2, -0.15) is 0 Å². The smallest absolute Gasteiger partial charge is 0.312 e. The van der Waals surface area contributed by atoms with Gasteiger partial charge in [0, 0.05) is 18.3 Å². The van der Waals surface area contributed by atoms with Crippen molar-refractivity contribution in [3.05, 3.63) is 57.2 Å². The molecule has 1 aliphatic rings. The molecule has 0 fully saturated rings. The van der Waals surface area contributed by atoms with Crippen molar-refractivity contribution in [3.8, 4) is 0 Å². The van der Waals surface area contributed by atoms with E-state index in [4.69, 9.17) is 11.6 Å².